The first-order valence-corrected chi connectivity index (χ1v) is 10.7. The number of amides is 1. The molecule has 0 aliphatic rings. The van der Waals surface area contributed by atoms with Crippen molar-refractivity contribution >= 4 is 29.0 Å². The fraction of sp³-hybridized carbons (Fsp3) is 0.182. The van der Waals surface area contributed by atoms with Crippen molar-refractivity contribution in [1.82, 2.24) is 19.2 Å². The van der Waals surface area contributed by atoms with E-state index in [1.807, 2.05) is 6.92 Å². The zero-order chi connectivity index (χ0) is 22.7. The van der Waals surface area contributed by atoms with Crippen molar-refractivity contribution in [2.24, 2.45) is 0 Å². The standard InChI is InChI=1S/C22H20FN5O3S/c1-3-18(20(29)24-15-6-10-17(31-2)11-7-15)32-22-26-25-19-21(30)27(12-13-28(19)22)16-8-4-14(23)5-9-16/h4-13,18H,3H2,1-2H3,(H,24,29)/t18-/m0/s1. The summed E-state index contributed by atoms with van der Waals surface area (Å²) in [6.45, 7) is 1.90. The van der Waals surface area contributed by atoms with Crippen molar-refractivity contribution in [3.8, 4) is 11.4 Å². The number of anilines is 1. The first-order chi connectivity index (χ1) is 15.5. The summed E-state index contributed by atoms with van der Waals surface area (Å²) in [5.41, 5.74) is 0.892. The summed E-state index contributed by atoms with van der Waals surface area (Å²) >= 11 is 1.23. The highest BCUT2D eigenvalue weighted by Gasteiger charge is 2.22. The highest BCUT2D eigenvalue weighted by atomic mass is 32.2. The zero-order valence-corrected chi connectivity index (χ0v) is 18.2. The molecule has 1 atom stereocenters. The van der Waals surface area contributed by atoms with Crippen molar-refractivity contribution in [2.75, 3.05) is 12.4 Å². The predicted molar refractivity (Wildman–Crippen MR) is 120 cm³/mol. The maximum absolute atomic E-state index is 13.2. The Kier molecular flexibility index (Phi) is 6.22. The molecule has 10 heteroatoms. The molecule has 0 unspecified atom stereocenters. The number of nitrogens with one attached hydrogen (secondary N) is 1. The number of carbonyl (C=O) groups excluding carboxylic acids is 1. The quantitative estimate of drug-likeness (QED) is 0.431. The van der Waals surface area contributed by atoms with E-state index >= 15 is 0 Å². The van der Waals surface area contributed by atoms with Gasteiger partial charge in [-0.3, -0.25) is 18.6 Å². The van der Waals surface area contributed by atoms with E-state index in [0.29, 0.717) is 28.7 Å². The molecule has 4 aromatic rings. The van der Waals surface area contributed by atoms with Gasteiger partial charge in [-0.2, -0.15) is 0 Å². The molecular weight excluding hydrogens is 433 g/mol. The third-order valence-electron chi connectivity index (χ3n) is 4.81. The molecule has 164 valence electrons. The van der Waals surface area contributed by atoms with E-state index < -0.39 is 10.8 Å². The summed E-state index contributed by atoms with van der Waals surface area (Å²) in [7, 11) is 1.58. The zero-order valence-electron chi connectivity index (χ0n) is 17.4. The Morgan fingerprint density at radius 2 is 1.84 bits per heavy atom. The van der Waals surface area contributed by atoms with Gasteiger partial charge >= 0.3 is 5.56 Å². The number of methoxy groups -OCH3 is 1. The molecule has 0 saturated heterocycles. The molecule has 0 aliphatic carbocycles. The molecule has 2 aromatic carbocycles. The molecule has 0 fully saturated rings. The second kappa shape index (κ2) is 9.23. The summed E-state index contributed by atoms with van der Waals surface area (Å²) in [6.07, 6.45) is 3.76. The summed E-state index contributed by atoms with van der Waals surface area (Å²) in [6, 6.07) is 12.6. The summed E-state index contributed by atoms with van der Waals surface area (Å²) in [5.74, 6) is 0.132. The summed E-state index contributed by atoms with van der Waals surface area (Å²) in [5, 5.41) is 11.0. The summed E-state index contributed by atoms with van der Waals surface area (Å²) in [4.78, 5) is 25.6. The second-order valence-corrected chi connectivity index (χ2v) is 8.03. The van der Waals surface area contributed by atoms with Crippen LogP contribution < -0.4 is 15.6 Å². The lowest BCUT2D eigenvalue weighted by molar-refractivity contribution is -0.115. The van der Waals surface area contributed by atoms with Crippen molar-refractivity contribution < 1.29 is 13.9 Å². The third kappa shape index (κ3) is 4.35. The highest BCUT2D eigenvalue weighted by Crippen LogP contribution is 2.25. The molecule has 0 saturated carbocycles. The normalized spacial score (nSPS) is 12.0. The molecule has 0 aliphatic heterocycles. The molecule has 0 radical (unpaired) electrons. The van der Waals surface area contributed by atoms with Gasteiger partial charge in [0.15, 0.2) is 5.16 Å². The highest BCUT2D eigenvalue weighted by molar-refractivity contribution is 8.00. The van der Waals surface area contributed by atoms with Gasteiger partial charge in [-0.05, 0) is 55.0 Å². The molecule has 4 rings (SSSR count). The second-order valence-electron chi connectivity index (χ2n) is 6.86. The first-order valence-electron chi connectivity index (χ1n) is 9.84. The fourth-order valence-electron chi connectivity index (χ4n) is 3.10. The first kappa shape index (κ1) is 21.6. The van der Waals surface area contributed by atoms with Gasteiger partial charge in [-0.1, -0.05) is 18.7 Å². The molecule has 0 bridgehead atoms. The van der Waals surface area contributed by atoms with Crippen molar-refractivity contribution in [3.05, 3.63) is 77.1 Å². The molecular formula is C22H20FN5O3S. The van der Waals surface area contributed by atoms with E-state index in [4.69, 9.17) is 4.74 Å². The number of nitrogens with zero attached hydrogens (tertiary/aromatic N) is 4. The lowest BCUT2D eigenvalue weighted by atomic mass is 10.2. The van der Waals surface area contributed by atoms with E-state index in [1.54, 1.807) is 48.2 Å². The molecule has 1 N–H and O–H groups in total. The van der Waals surface area contributed by atoms with Crippen molar-refractivity contribution in [2.45, 2.75) is 23.8 Å². The van der Waals surface area contributed by atoms with Crippen LogP contribution in [0.15, 0.2) is 70.9 Å². The molecule has 1 amide bonds. The van der Waals surface area contributed by atoms with Crippen LogP contribution >= 0.6 is 11.8 Å². The van der Waals surface area contributed by atoms with Crippen molar-refractivity contribution in [1.29, 1.82) is 0 Å². The van der Waals surface area contributed by atoms with Crippen LogP contribution in [0, 0.1) is 5.82 Å². The number of aromatic nitrogens is 4. The Morgan fingerprint density at radius 1 is 1.12 bits per heavy atom. The minimum Gasteiger partial charge on any atom is -0.497 e. The van der Waals surface area contributed by atoms with Crippen LogP contribution in [0.25, 0.3) is 11.3 Å². The van der Waals surface area contributed by atoms with Crippen LogP contribution in [0.4, 0.5) is 10.1 Å². The Hall–Kier alpha value is -3.66. The maximum Gasteiger partial charge on any atom is 0.300 e. The number of halogens is 1. The van der Waals surface area contributed by atoms with Gasteiger partial charge in [0.05, 0.1) is 12.4 Å². The van der Waals surface area contributed by atoms with E-state index in [0.717, 1.165) is 0 Å². The Labute approximate surface area is 187 Å². The molecule has 8 nitrogen and oxygen atoms in total. The van der Waals surface area contributed by atoms with Gasteiger partial charge in [0.25, 0.3) is 0 Å². The van der Waals surface area contributed by atoms with Gasteiger partial charge in [0.1, 0.15) is 11.6 Å². The van der Waals surface area contributed by atoms with E-state index in [1.165, 1.54) is 40.6 Å². The average molecular weight is 453 g/mol. The molecule has 2 heterocycles. The van der Waals surface area contributed by atoms with Crippen LogP contribution in [0.5, 0.6) is 5.75 Å². The van der Waals surface area contributed by atoms with Gasteiger partial charge in [-0.15, -0.1) is 10.2 Å². The Morgan fingerprint density at radius 3 is 2.50 bits per heavy atom. The van der Waals surface area contributed by atoms with Crippen molar-refractivity contribution in [3.63, 3.8) is 0 Å². The van der Waals surface area contributed by atoms with Gasteiger partial charge in [0.2, 0.25) is 11.6 Å². The van der Waals surface area contributed by atoms with E-state index in [9.17, 15) is 14.0 Å². The SMILES string of the molecule is CC[C@H](Sc1nnc2c(=O)n(-c3ccc(F)cc3)ccn12)C(=O)Nc1ccc(OC)cc1. The third-order valence-corrected chi connectivity index (χ3v) is 6.13. The van der Waals surface area contributed by atoms with Crippen LogP contribution in [-0.4, -0.2) is 37.4 Å². The molecule has 0 spiro atoms. The fourth-order valence-corrected chi connectivity index (χ4v) is 4.03. The number of hydrogen-bond donors (Lipinski definition) is 1. The Balaban J connectivity index is 1.56. The summed E-state index contributed by atoms with van der Waals surface area (Å²) < 4.78 is 21.2. The minimum absolute atomic E-state index is 0.116. The maximum atomic E-state index is 13.2. The lowest BCUT2D eigenvalue weighted by Gasteiger charge is -2.14. The smallest absolute Gasteiger partial charge is 0.300 e. The van der Waals surface area contributed by atoms with Gasteiger partial charge in [0, 0.05) is 23.8 Å². The lowest BCUT2D eigenvalue weighted by Crippen LogP contribution is -2.25. The predicted octanol–water partition coefficient (Wildman–Crippen LogP) is 3.54. The molecule has 32 heavy (non-hydrogen) atoms. The average Bonchev–Trinajstić information content (AvgIpc) is 3.22. The van der Waals surface area contributed by atoms with Crippen LogP contribution in [0.2, 0.25) is 0 Å². The minimum atomic E-state index is -0.441. The van der Waals surface area contributed by atoms with Gasteiger partial charge < -0.3 is 10.1 Å². The monoisotopic (exact) mass is 453 g/mol. The van der Waals surface area contributed by atoms with Crippen LogP contribution in [0.1, 0.15) is 13.3 Å². The van der Waals surface area contributed by atoms with Crippen LogP contribution in [-0.2, 0) is 4.79 Å². The number of thioether (sulfide) groups is 1. The Bertz CT molecular complexity index is 1300. The topological polar surface area (TPSA) is 90.5 Å². The number of benzene rings is 2. The largest absolute Gasteiger partial charge is 0.497 e. The number of carbonyl (C=O) groups is 1. The van der Waals surface area contributed by atoms with Gasteiger partial charge in [-0.25, -0.2) is 4.39 Å². The molecule has 2 aromatic heterocycles. The van der Waals surface area contributed by atoms with Crippen LogP contribution in [0.3, 0.4) is 0 Å². The number of fused-ring (bicyclic) bond motifs is 1. The number of hydrogen-bond acceptors (Lipinski definition) is 6. The van der Waals surface area contributed by atoms with E-state index in [2.05, 4.69) is 15.5 Å². The number of rotatable bonds is 7. The van der Waals surface area contributed by atoms with E-state index in [-0.39, 0.29) is 17.4 Å². The number of ether oxygens (including phenoxy) is 1.